The zero-order chi connectivity index (χ0) is 19.0. The average Bonchev–Trinajstić information content (AvgIpc) is 3.27. The van der Waals surface area contributed by atoms with Crippen LogP contribution < -0.4 is 11.1 Å². The second kappa shape index (κ2) is 6.85. The highest BCUT2D eigenvalue weighted by Crippen LogP contribution is 2.21. The normalized spacial score (nSPS) is 17.3. The molecular formula is C20H21N5O2. The molecule has 1 aliphatic rings. The summed E-state index contributed by atoms with van der Waals surface area (Å²) in [6, 6.07) is 12.7. The van der Waals surface area contributed by atoms with Gasteiger partial charge in [0.25, 0.3) is 5.91 Å². The van der Waals surface area contributed by atoms with E-state index in [0.29, 0.717) is 11.1 Å². The molecule has 7 nitrogen and oxygen atoms in total. The van der Waals surface area contributed by atoms with Crippen molar-refractivity contribution in [1.82, 2.24) is 14.7 Å². The second-order valence-corrected chi connectivity index (χ2v) is 6.86. The minimum Gasteiger partial charge on any atom is -0.366 e. The fraction of sp³-hybridized carbons (Fsp3) is 0.250. The van der Waals surface area contributed by atoms with Crippen molar-refractivity contribution >= 4 is 28.4 Å². The van der Waals surface area contributed by atoms with Gasteiger partial charge in [-0.05, 0) is 56.8 Å². The van der Waals surface area contributed by atoms with Gasteiger partial charge in [-0.2, -0.15) is 5.10 Å². The summed E-state index contributed by atoms with van der Waals surface area (Å²) in [5.41, 5.74) is 7.98. The van der Waals surface area contributed by atoms with Gasteiger partial charge in [-0.25, -0.2) is 4.68 Å². The predicted molar refractivity (Wildman–Crippen MR) is 104 cm³/mol. The lowest BCUT2D eigenvalue weighted by Gasteiger charge is -2.18. The number of nitrogens with zero attached hydrogens (tertiary/aromatic N) is 3. The van der Waals surface area contributed by atoms with Crippen molar-refractivity contribution in [1.29, 1.82) is 0 Å². The van der Waals surface area contributed by atoms with E-state index >= 15 is 0 Å². The summed E-state index contributed by atoms with van der Waals surface area (Å²) in [5.74, 6) is -0.473. The number of anilines is 1. The van der Waals surface area contributed by atoms with Crippen molar-refractivity contribution in [2.45, 2.75) is 18.9 Å². The van der Waals surface area contributed by atoms with Crippen LogP contribution in [0.2, 0.25) is 0 Å². The molecule has 2 heterocycles. The van der Waals surface area contributed by atoms with Gasteiger partial charge in [0.15, 0.2) is 0 Å². The van der Waals surface area contributed by atoms with E-state index in [1.807, 2.05) is 43.6 Å². The highest BCUT2D eigenvalue weighted by molar-refractivity contribution is 6.04. The maximum absolute atomic E-state index is 12.4. The fourth-order valence-corrected chi connectivity index (χ4v) is 3.54. The first-order valence-corrected chi connectivity index (χ1v) is 8.92. The van der Waals surface area contributed by atoms with E-state index in [-0.39, 0.29) is 11.9 Å². The summed E-state index contributed by atoms with van der Waals surface area (Å²) in [7, 11) is 1.98. The summed E-state index contributed by atoms with van der Waals surface area (Å²) >= 11 is 0. The monoisotopic (exact) mass is 363 g/mol. The minimum atomic E-state index is -0.499. The number of aromatic nitrogens is 2. The lowest BCUT2D eigenvalue weighted by Crippen LogP contribution is -2.37. The van der Waals surface area contributed by atoms with E-state index in [1.165, 1.54) is 0 Å². The number of nitrogens with two attached hydrogens (primary N) is 1. The molecule has 0 aliphatic carbocycles. The van der Waals surface area contributed by atoms with Gasteiger partial charge in [-0.3, -0.25) is 14.5 Å². The number of nitrogens with one attached hydrogen (secondary N) is 1. The van der Waals surface area contributed by atoms with Crippen LogP contribution in [0.25, 0.3) is 16.6 Å². The first kappa shape index (κ1) is 17.2. The molecule has 0 radical (unpaired) electrons. The fourth-order valence-electron chi connectivity index (χ4n) is 3.54. The van der Waals surface area contributed by atoms with Crippen LogP contribution in [0.15, 0.2) is 48.7 Å². The summed E-state index contributed by atoms with van der Waals surface area (Å²) in [5, 5.41) is 8.30. The van der Waals surface area contributed by atoms with E-state index in [9.17, 15) is 9.59 Å². The summed E-state index contributed by atoms with van der Waals surface area (Å²) < 4.78 is 1.70. The number of hydrogen-bond acceptors (Lipinski definition) is 4. The van der Waals surface area contributed by atoms with Gasteiger partial charge < -0.3 is 11.1 Å². The lowest BCUT2D eigenvalue weighted by molar-refractivity contribution is -0.119. The Bertz CT molecular complexity index is 1010. The Morgan fingerprint density at radius 1 is 1.19 bits per heavy atom. The zero-order valence-electron chi connectivity index (χ0n) is 15.1. The van der Waals surface area contributed by atoms with E-state index in [2.05, 4.69) is 15.3 Å². The van der Waals surface area contributed by atoms with E-state index in [1.54, 1.807) is 16.8 Å². The topological polar surface area (TPSA) is 93.3 Å². The Labute approximate surface area is 156 Å². The Kier molecular flexibility index (Phi) is 4.37. The third-order valence-electron chi connectivity index (χ3n) is 5.02. The Balaban J connectivity index is 1.55. The first-order valence-electron chi connectivity index (χ1n) is 8.92. The van der Waals surface area contributed by atoms with Crippen molar-refractivity contribution < 1.29 is 9.59 Å². The van der Waals surface area contributed by atoms with Gasteiger partial charge in [0.2, 0.25) is 5.91 Å². The third-order valence-corrected chi connectivity index (χ3v) is 5.02. The van der Waals surface area contributed by atoms with Crippen molar-refractivity contribution in [2.24, 2.45) is 5.73 Å². The number of carbonyl (C=O) groups excluding carboxylic acids is 2. The molecule has 2 aromatic carbocycles. The van der Waals surface area contributed by atoms with Gasteiger partial charge >= 0.3 is 0 Å². The molecule has 2 amide bonds. The van der Waals surface area contributed by atoms with Crippen LogP contribution in [-0.4, -0.2) is 46.1 Å². The minimum absolute atomic E-state index is 0.0266. The molecule has 0 spiro atoms. The molecule has 27 heavy (non-hydrogen) atoms. The molecule has 0 unspecified atom stereocenters. The van der Waals surface area contributed by atoms with Gasteiger partial charge in [0.05, 0.1) is 17.3 Å². The van der Waals surface area contributed by atoms with Gasteiger partial charge in [-0.1, -0.05) is 12.1 Å². The lowest BCUT2D eigenvalue weighted by atomic mass is 10.1. The number of amides is 2. The Morgan fingerprint density at radius 2 is 1.96 bits per heavy atom. The van der Waals surface area contributed by atoms with Crippen molar-refractivity contribution in [3.8, 4) is 5.69 Å². The first-order chi connectivity index (χ1) is 13.0. The summed E-state index contributed by atoms with van der Waals surface area (Å²) in [4.78, 5) is 26.0. The van der Waals surface area contributed by atoms with Gasteiger partial charge in [0, 0.05) is 17.3 Å². The summed E-state index contributed by atoms with van der Waals surface area (Å²) in [6.45, 7) is 0.956. The summed E-state index contributed by atoms with van der Waals surface area (Å²) in [6.07, 6.45) is 3.79. The van der Waals surface area contributed by atoms with Crippen LogP contribution in [0.4, 0.5) is 5.69 Å². The molecule has 0 bridgehead atoms. The molecule has 7 heteroatoms. The van der Waals surface area contributed by atoms with Gasteiger partial charge in [-0.15, -0.1) is 0 Å². The molecule has 3 aromatic rings. The number of fused-ring (bicyclic) bond motifs is 1. The van der Waals surface area contributed by atoms with Crippen LogP contribution >= 0.6 is 0 Å². The van der Waals surface area contributed by atoms with E-state index in [0.717, 1.165) is 36.1 Å². The van der Waals surface area contributed by atoms with Gasteiger partial charge in [0.1, 0.15) is 5.52 Å². The third kappa shape index (κ3) is 3.29. The van der Waals surface area contributed by atoms with E-state index < -0.39 is 5.91 Å². The van der Waals surface area contributed by atoms with E-state index in [4.69, 9.17) is 5.73 Å². The highest BCUT2D eigenvalue weighted by atomic mass is 16.2. The molecule has 3 N–H and O–H groups in total. The molecule has 1 fully saturated rings. The number of likely N-dealkylation sites (tertiary alicyclic amines) is 1. The second-order valence-electron chi connectivity index (χ2n) is 6.86. The smallest absolute Gasteiger partial charge is 0.250 e. The maximum atomic E-state index is 12.4. The quantitative estimate of drug-likeness (QED) is 0.743. The highest BCUT2D eigenvalue weighted by Gasteiger charge is 2.27. The van der Waals surface area contributed by atoms with Crippen LogP contribution in [0.3, 0.4) is 0 Å². The SMILES string of the molecule is CN1CCC[C@H]1C(=O)Nc1ccc(-n2cc3cccc(C(N)=O)c3n2)cc1. The molecular weight excluding hydrogens is 342 g/mol. The zero-order valence-corrected chi connectivity index (χ0v) is 15.1. The number of likely N-dealkylation sites (N-methyl/N-ethyl adjacent to an activating group) is 1. The van der Waals surface area contributed by atoms with Crippen molar-refractivity contribution in [3.63, 3.8) is 0 Å². The molecule has 1 saturated heterocycles. The van der Waals surface area contributed by atoms with Crippen LogP contribution in [0.5, 0.6) is 0 Å². The molecule has 138 valence electrons. The van der Waals surface area contributed by atoms with Crippen LogP contribution in [0.1, 0.15) is 23.2 Å². The van der Waals surface area contributed by atoms with Crippen LogP contribution in [0, 0.1) is 0 Å². The number of primary amides is 1. The largest absolute Gasteiger partial charge is 0.366 e. The number of rotatable bonds is 4. The Hall–Kier alpha value is -3.19. The molecule has 1 aromatic heterocycles. The van der Waals surface area contributed by atoms with Crippen molar-refractivity contribution in [2.75, 3.05) is 18.9 Å². The number of hydrogen-bond donors (Lipinski definition) is 2. The molecule has 0 saturated carbocycles. The maximum Gasteiger partial charge on any atom is 0.250 e. The van der Waals surface area contributed by atoms with Crippen molar-refractivity contribution in [3.05, 3.63) is 54.2 Å². The van der Waals surface area contributed by atoms with Crippen LogP contribution in [-0.2, 0) is 4.79 Å². The standard InChI is InChI=1S/C20H21N5O2/c1-24-11-3-6-17(24)20(27)22-14-7-9-15(10-8-14)25-12-13-4-2-5-16(19(21)26)18(13)23-25/h2,4-5,7-10,12,17H,3,6,11H2,1H3,(H2,21,26)(H,22,27)/t17-/m0/s1. The predicted octanol–water partition coefficient (Wildman–Crippen LogP) is 2.16. The Morgan fingerprint density at radius 3 is 2.63 bits per heavy atom. The molecule has 1 atom stereocenters. The number of carbonyl (C=O) groups is 2. The molecule has 1 aliphatic heterocycles. The molecule has 4 rings (SSSR count). The number of benzene rings is 2. The average molecular weight is 363 g/mol.